The highest BCUT2D eigenvalue weighted by atomic mass is 32.1. The molecule has 1 saturated heterocycles. The van der Waals surface area contributed by atoms with Crippen LogP contribution >= 0.6 is 11.3 Å². The van der Waals surface area contributed by atoms with Crippen LogP contribution in [0.4, 0.5) is 0 Å². The molecule has 4 aromatic rings. The Bertz CT molecular complexity index is 1330. The van der Waals surface area contributed by atoms with Crippen molar-refractivity contribution >= 4 is 27.2 Å². The van der Waals surface area contributed by atoms with Crippen LogP contribution in [0.3, 0.4) is 0 Å². The van der Waals surface area contributed by atoms with E-state index in [2.05, 4.69) is 70.9 Å². The molecule has 0 radical (unpaired) electrons. The van der Waals surface area contributed by atoms with Gasteiger partial charge >= 0.3 is 0 Å². The van der Waals surface area contributed by atoms with Crippen molar-refractivity contribution in [2.45, 2.75) is 26.2 Å². The predicted molar refractivity (Wildman–Crippen MR) is 157 cm³/mol. The summed E-state index contributed by atoms with van der Waals surface area (Å²) in [5, 5.41) is 4.40. The van der Waals surface area contributed by atoms with E-state index in [9.17, 15) is 4.79 Å². The third-order valence-corrected chi connectivity index (χ3v) is 8.18. The Balaban J connectivity index is 1.25. The number of carbonyl (C=O) groups excluding carboxylic acids is 1. The lowest BCUT2D eigenvalue weighted by Crippen LogP contribution is -2.25. The molecule has 6 heteroatoms. The minimum absolute atomic E-state index is 0.130. The lowest BCUT2D eigenvalue weighted by molar-refractivity contribution is -0.116. The molecule has 0 aliphatic carbocycles. The zero-order chi connectivity index (χ0) is 26.2. The quantitative estimate of drug-likeness (QED) is 0.210. The maximum Gasteiger partial charge on any atom is 0.143 e. The van der Waals surface area contributed by atoms with Gasteiger partial charge in [0.15, 0.2) is 0 Å². The first-order chi connectivity index (χ1) is 18.7. The second-order valence-electron chi connectivity index (χ2n) is 9.88. The third-order valence-electron chi connectivity index (χ3n) is 6.92. The van der Waals surface area contributed by atoms with Gasteiger partial charge in [0.05, 0.1) is 6.54 Å². The van der Waals surface area contributed by atoms with Gasteiger partial charge in [0, 0.05) is 22.7 Å². The molecule has 1 fully saturated rings. The highest BCUT2D eigenvalue weighted by Gasteiger charge is 2.15. The van der Waals surface area contributed by atoms with Gasteiger partial charge in [0.25, 0.3) is 0 Å². The molecule has 2 heterocycles. The van der Waals surface area contributed by atoms with E-state index in [1.165, 1.54) is 57.6 Å². The van der Waals surface area contributed by atoms with E-state index in [4.69, 9.17) is 9.47 Å². The minimum atomic E-state index is 0.130. The number of benzene rings is 3. The van der Waals surface area contributed by atoms with Crippen molar-refractivity contribution in [3.63, 3.8) is 0 Å². The number of hydrogen-bond acceptors (Lipinski definition) is 6. The Morgan fingerprint density at radius 1 is 0.895 bits per heavy atom. The summed E-state index contributed by atoms with van der Waals surface area (Å²) in [5.74, 6) is 1.91. The largest absolute Gasteiger partial charge is 0.492 e. The summed E-state index contributed by atoms with van der Waals surface area (Å²) in [4.78, 5) is 14.8. The van der Waals surface area contributed by atoms with Crippen molar-refractivity contribution in [1.29, 1.82) is 0 Å². The van der Waals surface area contributed by atoms with Gasteiger partial charge in [-0.2, -0.15) is 0 Å². The number of nitrogens with zero attached hydrogens (tertiary/aromatic N) is 1. The molecule has 0 unspecified atom stereocenters. The number of nitrogens with one attached hydrogen (secondary N) is 1. The van der Waals surface area contributed by atoms with Gasteiger partial charge in [0.2, 0.25) is 0 Å². The Labute approximate surface area is 229 Å². The molecule has 5 rings (SSSR count). The summed E-state index contributed by atoms with van der Waals surface area (Å²) in [6, 6.07) is 25.6. The first-order valence-electron chi connectivity index (χ1n) is 13.5. The van der Waals surface area contributed by atoms with E-state index in [-0.39, 0.29) is 5.78 Å². The molecule has 1 aliphatic heterocycles. The minimum Gasteiger partial charge on any atom is -0.492 e. The average Bonchev–Trinajstić information content (AvgIpc) is 3.58. The van der Waals surface area contributed by atoms with Crippen molar-refractivity contribution in [2.75, 3.05) is 45.9 Å². The first-order valence-corrected chi connectivity index (χ1v) is 14.4. The number of carbonyl (C=O) groups is 1. The van der Waals surface area contributed by atoms with Crippen LogP contribution in [0.2, 0.25) is 0 Å². The molecule has 1 aromatic heterocycles. The summed E-state index contributed by atoms with van der Waals surface area (Å²) in [7, 11) is 0. The van der Waals surface area contributed by atoms with E-state index >= 15 is 0 Å². The smallest absolute Gasteiger partial charge is 0.143 e. The van der Waals surface area contributed by atoms with Gasteiger partial charge < -0.3 is 14.8 Å². The molecule has 0 saturated carbocycles. The molecule has 0 atom stereocenters. The van der Waals surface area contributed by atoms with Crippen LogP contribution in [0.5, 0.6) is 11.5 Å². The first kappa shape index (κ1) is 26.4. The fraction of sp³-hybridized carbons (Fsp3) is 0.344. The summed E-state index contributed by atoms with van der Waals surface area (Å²) >= 11 is 1.84. The van der Waals surface area contributed by atoms with E-state index < -0.39 is 0 Å². The number of hydrogen-bond donors (Lipinski definition) is 1. The summed E-state index contributed by atoms with van der Waals surface area (Å²) in [6.07, 6.45) is 3.49. The van der Waals surface area contributed by atoms with Crippen LogP contribution in [0.25, 0.3) is 20.5 Å². The van der Waals surface area contributed by atoms with Crippen LogP contribution < -0.4 is 14.8 Å². The Kier molecular flexibility index (Phi) is 9.07. The molecule has 3 aromatic carbocycles. The van der Waals surface area contributed by atoms with Crippen molar-refractivity contribution in [1.82, 2.24) is 10.2 Å². The molecule has 0 amide bonds. The molecular weight excluding hydrogens is 492 g/mol. The van der Waals surface area contributed by atoms with E-state index in [1.807, 2.05) is 23.5 Å². The Morgan fingerprint density at radius 3 is 2.32 bits per heavy atom. The molecular formula is C32H36N2O3S. The van der Waals surface area contributed by atoms with Crippen LogP contribution in [0.1, 0.15) is 30.9 Å². The second kappa shape index (κ2) is 13.1. The van der Waals surface area contributed by atoms with E-state index in [0.29, 0.717) is 19.7 Å². The highest BCUT2D eigenvalue weighted by Crippen LogP contribution is 2.40. The topological polar surface area (TPSA) is 50.8 Å². The van der Waals surface area contributed by atoms with E-state index in [1.54, 1.807) is 6.92 Å². The predicted octanol–water partition coefficient (Wildman–Crippen LogP) is 6.19. The van der Waals surface area contributed by atoms with Crippen LogP contribution in [0, 0.1) is 0 Å². The Hall–Kier alpha value is -3.19. The molecule has 0 spiro atoms. The monoisotopic (exact) mass is 528 g/mol. The van der Waals surface area contributed by atoms with Gasteiger partial charge in [-0.1, -0.05) is 30.3 Å². The zero-order valence-corrected chi connectivity index (χ0v) is 22.9. The van der Waals surface area contributed by atoms with Crippen molar-refractivity contribution in [2.24, 2.45) is 0 Å². The number of likely N-dealkylation sites (tertiary alicyclic amines) is 1. The van der Waals surface area contributed by atoms with Crippen LogP contribution in [-0.4, -0.2) is 56.6 Å². The van der Waals surface area contributed by atoms with Gasteiger partial charge in [-0.05, 0) is 104 Å². The molecule has 198 valence electrons. The van der Waals surface area contributed by atoms with Gasteiger partial charge in [0.1, 0.15) is 30.5 Å². The van der Waals surface area contributed by atoms with Crippen molar-refractivity contribution in [3.05, 3.63) is 83.9 Å². The van der Waals surface area contributed by atoms with Crippen molar-refractivity contribution in [3.8, 4) is 21.9 Å². The number of thiophene rings is 1. The number of ether oxygens (including phenoxy) is 2. The van der Waals surface area contributed by atoms with Crippen LogP contribution in [-0.2, 0) is 11.2 Å². The number of rotatable bonds is 13. The fourth-order valence-electron chi connectivity index (χ4n) is 4.92. The summed E-state index contributed by atoms with van der Waals surface area (Å²) in [6.45, 7) is 7.28. The summed E-state index contributed by atoms with van der Waals surface area (Å²) in [5.41, 5.74) is 3.83. The van der Waals surface area contributed by atoms with Gasteiger partial charge in [-0.15, -0.1) is 11.3 Å². The lowest BCUT2D eigenvalue weighted by atomic mass is 9.99. The SMILES string of the molecule is CC(=O)CNCCOc1ccc(-c2sc3ccccc3c2Cc2ccc(OCCN3CCCC3)cc2)cc1. The summed E-state index contributed by atoms with van der Waals surface area (Å²) < 4.78 is 13.2. The fourth-order valence-corrected chi connectivity index (χ4v) is 6.15. The maximum atomic E-state index is 11.0. The second-order valence-corrected chi connectivity index (χ2v) is 10.9. The zero-order valence-electron chi connectivity index (χ0n) is 22.1. The standard InChI is InChI=1S/C32H36N2O3S/c1-24(35)23-33-16-20-36-28-14-10-26(11-15-28)32-30(29-6-2-3-7-31(29)38-32)22-25-8-12-27(13-9-25)37-21-19-34-17-4-5-18-34/h2-3,6-15,33H,4-5,16-23H2,1H3. The van der Waals surface area contributed by atoms with Crippen molar-refractivity contribution < 1.29 is 14.3 Å². The van der Waals surface area contributed by atoms with E-state index in [0.717, 1.165) is 31.1 Å². The van der Waals surface area contributed by atoms with Gasteiger partial charge in [-0.25, -0.2) is 0 Å². The van der Waals surface area contributed by atoms with Crippen LogP contribution in [0.15, 0.2) is 72.8 Å². The molecule has 1 N–H and O–H groups in total. The number of ketones is 1. The average molecular weight is 529 g/mol. The van der Waals surface area contributed by atoms with Gasteiger partial charge in [-0.3, -0.25) is 9.69 Å². The number of fused-ring (bicyclic) bond motifs is 1. The maximum absolute atomic E-state index is 11.0. The Morgan fingerprint density at radius 2 is 1.58 bits per heavy atom. The molecule has 5 nitrogen and oxygen atoms in total. The molecule has 0 bridgehead atoms. The normalized spacial score (nSPS) is 13.7. The highest BCUT2D eigenvalue weighted by molar-refractivity contribution is 7.22. The lowest BCUT2D eigenvalue weighted by Gasteiger charge is -2.15. The molecule has 1 aliphatic rings. The molecule has 38 heavy (non-hydrogen) atoms. The number of Topliss-reactive ketones (excluding diaryl/α,β-unsaturated/α-hetero) is 1. The third kappa shape index (κ3) is 7.01.